The first kappa shape index (κ1) is 41.5. The van der Waals surface area contributed by atoms with Crippen LogP contribution in [0.5, 0.6) is 28.7 Å². The Labute approximate surface area is 356 Å². The molecule has 1 aliphatic heterocycles. The van der Waals surface area contributed by atoms with Gasteiger partial charge < -0.3 is 9.84 Å². The maximum Gasteiger partial charge on any atom is 0.127 e. The molecule has 2 fully saturated rings. The summed E-state index contributed by atoms with van der Waals surface area (Å²) >= 11 is 0.348. The fourth-order valence-electron chi connectivity index (χ4n) is 8.30. The SMILES string of the molecule is Cc1cc(C=[N+]2[Mn][N+](=Cc3cc(C)cc(C(C)(C)c4ccccc4)c3O)[C@@H]3CCCC[C@H]32)c(O)c(C(C)(C)c2ccccc2)c1.[O-]c1ccc(Oc2ccccc2)cc1. The first-order valence-corrected chi connectivity index (χ1v) is 21.6. The Kier molecular flexibility index (Phi) is 12.5. The summed E-state index contributed by atoms with van der Waals surface area (Å²) in [5, 5.41) is 34.3. The Hall–Kier alpha value is -5.62. The van der Waals surface area contributed by atoms with Crippen LogP contribution in [0.3, 0.4) is 0 Å². The van der Waals surface area contributed by atoms with E-state index >= 15 is 0 Å². The van der Waals surface area contributed by atoms with E-state index in [4.69, 9.17) is 4.74 Å². The Bertz CT molecular complexity index is 2310. The summed E-state index contributed by atoms with van der Waals surface area (Å²) in [5.41, 5.74) is 7.61. The van der Waals surface area contributed by atoms with Crippen molar-refractivity contribution in [2.45, 2.75) is 90.1 Å². The molecule has 59 heavy (non-hydrogen) atoms. The van der Waals surface area contributed by atoms with Crippen molar-refractivity contribution in [1.82, 2.24) is 0 Å². The summed E-state index contributed by atoms with van der Waals surface area (Å²) in [5.74, 6) is 2.16. The van der Waals surface area contributed by atoms with Crippen molar-refractivity contribution < 1.29 is 42.6 Å². The van der Waals surface area contributed by atoms with Crippen LogP contribution in [0.1, 0.15) is 97.9 Å². The molecule has 0 aromatic heterocycles. The number of hydrogen-bond acceptors (Lipinski definition) is 4. The monoisotopic (exact) mass is 826 g/mol. The quantitative estimate of drug-likeness (QED) is 0.150. The third-order valence-electron chi connectivity index (χ3n) is 11.7. The second kappa shape index (κ2) is 17.7. The molecule has 1 saturated heterocycles. The van der Waals surface area contributed by atoms with E-state index in [0.29, 0.717) is 44.7 Å². The van der Waals surface area contributed by atoms with Crippen LogP contribution in [0.4, 0.5) is 0 Å². The van der Waals surface area contributed by atoms with Crippen LogP contribution in [0, 0.1) is 13.8 Å². The number of ether oxygens (including phenoxy) is 1. The zero-order valence-electron chi connectivity index (χ0n) is 34.9. The van der Waals surface area contributed by atoms with Gasteiger partial charge in [-0.2, -0.15) is 0 Å². The maximum atomic E-state index is 11.7. The van der Waals surface area contributed by atoms with Crippen LogP contribution < -0.4 is 9.84 Å². The predicted octanol–water partition coefficient (Wildman–Crippen LogP) is 10.7. The van der Waals surface area contributed by atoms with E-state index in [1.54, 1.807) is 12.1 Å². The first-order chi connectivity index (χ1) is 28.3. The molecule has 0 spiro atoms. The smallest absolute Gasteiger partial charge is 0.127 e. The third kappa shape index (κ3) is 9.33. The van der Waals surface area contributed by atoms with Crippen LogP contribution in [0.2, 0.25) is 0 Å². The van der Waals surface area contributed by atoms with Crippen molar-refractivity contribution in [2.24, 2.45) is 0 Å². The molecule has 6 aromatic carbocycles. The van der Waals surface area contributed by atoms with E-state index in [-0.39, 0.29) is 16.6 Å². The molecule has 0 bridgehead atoms. The van der Waals surface area contributed by atoms with Gasteiger partial charge in [0.25, 0.3) is 0 Å². The van der Waals surface area contributed by atoms with Gasteiger partial charge in [-0.05, 0) is 24.3 Å². The summed E-state index contributed by atoms with van der Waals surface area (Å²) in [6.45, 7) is 13.0. The van der Waals surface area contributed by atoms with E-state index in [1.807, 2.05) is 42.5 Å². The van der Waals surface area contributed by atoms with Gasteiger partial charge in [0.15, 0.2) is 0 Å². The normalized spacial score (nSPS) is 17.9. The van der Waals surface area contributed by atoms with E-state index in [0.717, 1.165) is 52.0 Å². The fraction of sp³-hybridized carbons (Fsp3) is 0.269. The molecule has 7 heteroatoms. The molecule has 6 aromatic rings. The Morgan fingerprint density at radius 1 is 0.576 bits per heavy atom. The second-order valence-electron chi connectivity index (χ2n) is 16.8. The van der Waals surface area contributed by atoms with Crippen molar-refractivity contribution in [3.05, 3.63) is 184 Å². The molecular formula is C52H55MnN2O4+. The van der Waals surface area contributed by atoms with Crippen LogP contribution in [-0.4, -0.2) is 41.9 Å². The maximum absolute atomic E-state index is 11.7. The predicted molar refractivity (Wildman–Crippen MR) is 232 cm³/mol. The molecule has 2 atom stereocenters. The fourth-order valence-corrected chi connectivity index (χ4v) is 10.1. The van der Waals surface area contributed by atoms with Gasteiger partial charge in [-0.1, -0.05) is 30.3 Å². The van der Waals surface area contributed by atoms with E-state index in [2.05, 4.69) is 134 Å². The molecule has 0 radical (unpaired) electrons. The molecule has 8 rings (SSSR count). The average molecular weight is 827 g/mol. The van der Waals surface area contributed by atoms with Crippen molar-refractivity contribution in [3.63, 3.8) is 0 Å². The van der Waals surface area contributed by atoms with Crippen molar-refractivity contribution in [1.29, 1.82) is 0 Å². The number of para-hydroxylation sites is 1. The number of phenols is 2. The minimum Gasteiger partial charge on any atom is -0.872 e. The number of aromatic hydroxyl groups is 2. The first-order valence-electron chi connectivity index (χ1n) is 20.5. The third-order valence-corrected chi connectivity index (χ3v) is 13.4. The zero-order chi connectivity index (χ0) is 41.7. The van der Waals surface area contributed by atoms with E-state index in [1.165, 1.54) is 36.1 Å². The molecule has 0 unspecified atom stereocenters. The van der Waals surface area contributed by atoms with Crippen LogP contribution in [0.15, 0.2) is 140 Å². The van der Waals surface area contributed by atoms with E-state index < -0.39 is 0 Å². The average Bonchev–Trinajstić information content (AvgIpc) is 3.58. The molecule has 303 valence electrons. The number of fused-ring (bicyclic) bond motifs is 1. The van der Waals surface area contributed by atoms with Gasteiger partial charge in [0.2, 0.25) is 0 Å². The largest absolute Gasteiger partial charge is 0.872 e. The summed E-state index contributed by atoms with van der Waals surface area (Å²) in [4.78, 5) is 0. The van der Waals surface area contributed by atoms with Crippen LogP contribution in [0.25, 0.3) is 0 Å². The summed E-state index contributed by atoms with van der Waals surface area (Å²) in [6, 6.07) is 45.9. The zero-order valence-corrected chi connectivity index (χ0v) is 36.1. The standard InChI is InChI=1S/C40H46N2O2.C12H10O2.Mn/c1-27-21-29(37(43)33(23-27)39(3,4)31-15-9-7-10-16-31)25-41-35-19-13-14-20-36(35)42-26-30-22-28(2)24-34(38(30)44)40(5,6)32-17-11-8-12-18-32;13-10-6-8-12(9-7-10)14-11-4-2-1-3-5-11;/h7-12,15-18,21-26,35-36,43-44H,13-14,19-20H2,1-6H3;1-9,13H;/q;;+2/p-1/t35-,36-;;/m1../s1. The number of rotatable bonds is 8. The van der Waals surface area contributed by atoms with Gasteiger partial charge in [-0.25, -0.2) is 0 Å². The molecule has 6 nitrogen and oxygen atoms in total. The molecule has 1 heterocycles. The van der Waals surface area contributed by atoms with Gasteiger partial charge in [-0.3, -0.25) is 0 Å². The van der Waals surface area contributed by atoms with Crippen molar-refractivity contribution in [3.8, 4) is 28.7 Å². The van der Waals surface area contributed by atoms with Gasteiger partial charge in [0.1, 0.15) is 11.5 Å². The number of nitrogens with zero attached hydrogens (tertiary/aromatic N) is 2. The minimum absolute atomic E-state index is 0.00888. The van der Waals surface area contributed by atoms with Gasteiger partial charge in [-0.15, -0.1) is 5.75 Å². The number of hydrogen-bond donors (Lipinski definition) is 2. The molecular weight excluding hydrogens is 772 g/mol. The molecule has 0 amide bonds. The number of aryl methyl sites for hydroxylation is 2. The van der Waals surface area contributed by atoms with E-state index in [9.17, 15) is 15.3 Å². The van der Waals surface area contributed by atoms with Crippen molar-refractivity contribution in [2.75, 3.05) is 0 Å². The van der Waals surface area contributed by atoms with Crippen LogP contribution in [-0.2, 0) is 26.2 Å². The number of phenolic OH excluding ortho intramolecular Hbond substituents is 2. The van der Waals surface area contributed by atoms with Crippen molar-refractivity contribution >= 4 is 12.4 Å². The Morgan fingerprint density at radius 2 is 0.966 bits per heavy atom. The topological polar surface area (TPSA) is 78.8 Å². The minimum atomic E-state index is -0.339. The molecule has 2 aliphatic rings. The van der Waals surface area contributed by atoms with Gasteiger partial charge in [0, 0.05) is 0 Å². The summed E-state index contributed by atoms with van der Waals surface area (Å²) in [6.07, 6.45) is 9.07. The number of benzene rings is 6. The molecule has 1 aliphatic carbocycles. The summed E-state index contributed by atoms with van der Waals surface area (Å²) < 4.78 is 10.4. The Balaban J connectivity index is 0.000000317. The molecule has 2 N–H and O–H groups in total. The second-order valence-corrected chi connectivity index (χ2v) is 18.3. The van der Waals surface area contributed by atoms with Gasteiger partial charge >= 0.3 is 276 Å². The van der Waals surface area contributed by atoms with Gasteiger partial charge in [0.05, 0.1) is 0 Å². The Morgan fingerprint density at radius 3 is 1.39 bits per heavy atom. The van der Waals surface area contributed by atoms with Crippen LogP contribution >= 0.6 is 0 Å². The summed E-state index contributed by atoms with van der Waals surface area (Å²) in [7, 11) is 0. The molecule has 1 saturated carbocycles.